The lowest BCUT2D eigenvalue weighted by molar-refractivity contribution is -0.121. The number of rotatable bonds is 8. The molecule has 0 bridgehead atoms. The summed E-state index contributed by atoms with van der Waals surface area (Å²) < 4.78 is 27.4. The van der Waals surface area contributed by atoms with Crippen LogP contribution in [0.15, 0.2) is 76.0 Å². The Labute approximate surface area is 184 Å². The highest BCUT2D eigenvalue weighted by atomic mass is 35.5. The standard InChI is InChI=1S/C21H20ClN3O3S2/c1-16-11-12-29-20(16)13-23-24-21(26)15-25(14-17-5-3-2-4-6-17)30(27,28)19-9-7-18(22)8-10-19/h2-13H,14-15H2,1H3,(H,24,26)/b23-13-. The second-order valence-electron chi connectivity index (χ2n) is 6.47. The number of carbonyl (C=O) groups is 1. The molecule has 0 radical (unpaired) electrons. The van der Waals surface area contributed by atoms with Gasteiger partial charge < -0.3 is 0 Å². The van der Waals surface area contributed by atoms with Crippen molar-refractivity contribution in [3.63, 3.8) is 0 Å². The summed E-state index contributed by atoms with van der Waals surface area (Å²) in [6.45, 7) is 1.62. The summed E-state index contributed by atoms with van der Waals surface area (Å²) >= 11 is 7.38. The Morgan fingerprint density at radius 2 is 1.83 bits per heavy atom. The van der Waals surface area contributed by atoms with Gasteiger partial charge in [0.2, 0.25) is 10.0 Å². The van der Waals surface area contributed by atoms with E-state index in [0.717, 1.165) is 20.3 Å². The molecule has 0 saturated heterocycles. The number of nitrogens with one attached hydrogen (secondary N) is 1. The van der Waals surface area contributed by atoms with Gasteiger partial charge in [-0.2, -0.15) is 9.41 Å². The maximum absolute atomic E-state index is 13.2. The molecule has 1 N–H and O–H groups in total. The molecule has 9 heteroatoms. The van der Waals surface area contributed by atoms with Gasteiger partial charge in [0.05, 0.1) is 17.7 Å². The first-order valence-electron chi connectivity index (χ1n) is 9.02. The fourth-order valence-corrected chi connectivity index (χ4v) is 4.94. The van der Waals surface area contributed by atoms with Gasteiger partial charge in [-0.3, -0.25) is 4.79 Å². The van der Waals surface area contributed by atoms with Crippen LogP contribution in [0.4, 0.5) is 0 Å². The van der Waals surface area contributed by atoms with Crippen LogP contribution in [0.2, 0.25) is 5.02 Å². The van der Waals surface area contributed by atoms with Crippen LogP contribution in [0, 0.1) is 6.92 Å². The highest BCUT2D eigenvalue weighted by molar-refractivity contribution is 7.89. The third kappa shape index (κ3) is 5.76. The van der Waals surface area contributed by atoms with E-state index in [1.807, 2.05) is 36.6 Å². The number of thiophene rings is 1. The summed E-state index contributed by atoms with van der Waals surface area (Å²) in [4.78, 5) is 13.4. The second-order valence-corrected chi connectivity index (χ2v) is 9.80. The monoisotopic (exact) mass is 461 g/mol. The lowest BCUT2D eigenvalue weighted by atomic mass is 10.2. The molecule has 1 amide bonds. The van der Waals surface area contributed by atoms with E-state index >= 15 is 0 Å². The van der Waals surface area contributed by atoms with Gasteiger partial charge in [-0.05, 0) is 53.8 Å². The number of hydrazone groups is 1. The van der Waals surface area contributed by atoms with Crippen molar-refractivity contribution in [3.8, 4) is 0 Å². The van der Waals surface area contributed by atoms with Crippen molar-refractivity contribution in [2.75, 3.05) is 6.54 Å². The largest absolute Gasteiger partial charge is 0.272 e. The third-order valence-corrected chi connectivity index (χ3v) is 7.26. The van der Waals surface area contributed by atoms with Crippen molar-refractivity contribution >= 4 is 45.1 Å². The van der Waals surface area contributed by atoms with Gasteiger partial charge in [0.25, 0.3) is 5.91 Å². The first kappa shape index (κ1) is 22.2. The molecule has 2 aromatic carbocycles. The number of aryl methyl sites for hydroxylation is 1. The zero-order valence-corrected chi connectivity index (χ0v) is 18.5. The maximum atomic E-state index is 13.2. The molecule has 0 unspecified atom stereocenters. The van der Waals surface area contributed by atoms with Crippen LogP contribution >= 0.6 is 22.9 Å². The molecule has 0 atom stereocenters. The van der Waals surface area contributed by atoms with E-state index in [1.54, 1.807) is 18.3 Å². The summed E-state index contributed by atoms with van der Waals surface area (Å²) in [6, 6.07) is 16.9. The average molecular weight is 462 g/mol. The second kappa shape index (κ2) is 9.99. The molecule has 156 valence electrons. The molecular weight excluding hydrogens is 442 g/mol. The van der Waals surface area contributed by atoms with Crippen molar-refractivity contribution in [1.29, 1.82) is 0 Å². The van der Waals surface area contributed by atoms with E-state index in [1.165, 1.54) is 35.6 Å². The van der Waals surface area contributed by atoms with Crippen LogP contribution in [-0.2, 0) is 21.4 Å². The van der Waals surface area contributed by atoms with E-state index in [2.05, 4.69) is 10.5 Å². The molecule has 0 fully saturated rings. The molecule has 1 aromatic heterocycles. The summed E-state index contributed by atoms with van der Waals surface area (Å²) in [5.41, 5.74) is 4.22. The van der Waals surface area contributed by atoms with Crippen molar-refractivity contribution in [2.45, 2.75) is 18.4 Å². The summed E-state index contributed by atoms with van der Waals surface area (Å²) in [5, 5.41) is 6.31. The third-order valence-electron chi connectivity index (χ3n) is 4.25. The number of sulfonamides is 1. The smallest absolute Gasteiger partial charge is 0.255 e. The van der Waals surface area contributed by atoms with Crippen molar-refractivity contribution in [1.82, 2.24) is 9.73 Å². The molecule has 0 saturated carbocycles. The first-order valence-corrected chi connectivity index (χ1v) is 11.7. The number of benzene rings is 2. The van der Waals surface area contributed by atoms with Crippen molar-refractivity contribution in [3.05, 3.63) is 87.1 Å². The molecule has 6 nitrogen and oxygen atoms in total. The Hall–Kier alpha value is -2.52. The van der Waals surface area contributed by atoms with Gasteiger partial charge in [-0.15, -0.1) is 11.3 Å². The van der Waals surface area contributed by atoms with Crippen molar-refractivity contribution < 1.29 is 13.2 Å². The van der Waals surface area contributed by atoms with Crippen LogP contribution in [0.3, 0.4) is 0 Å². The number of hydrogen-bond acceptors (Lipinski definition) is 5. The van der Waals surface area contributed by atoms with Gasteiger partial charge in [0.1, 0.15) is 0 Å². The van der Waals surface area contributed by atoms with Crippen LogP contribution in [0.25, 0.3) is 0 Å². The minimum absolute atomic E-state index is 0.0486. The minimum atomic E-state index is -3.92. The molecule has 3 aromatic rings. The van der Waals surface area contributed by atoms with Crippen LogP contribution in [0.1, 0.15) is 16.0 Å². The molecule has 0 aliphatic carbocycles. The molecule has 30 heavy (non-hydrogen) atoms. The summed E-state index contributed by atoms with van der Waals surface area (Å²) in [7, 11) is -3.92. The van der Waals surface area contributed by atoms with Gasteiger partial charge in [-0.1, -0.05) is 41.9 Å². The predicted molar refractivity (Wildman–Crippen MR) is 120 cm³/mol. The Bertz CT molecular complexity index is 1130. The summed E-state index contributed by atoms with van der Waals surface area (Å²) in [6.07, 6.45) is 1.55. The molecule has 0 aliphatic heterocycles. The zero-order chi connectivity index (χ0) is 21.6. The zero-order valence-electron chi connectivity index (χ0n) is 16.2. The fourth-order valence-electron chi connectivity index (χ4n) is 2.64. The Kier molecular flexibility index (Phi) is 7.38. The number of halogens is 1. The Balaban J connectivity index is 1.78. The number of amides is 1. The molecular formula is C21H20ClN3O3S2. The minimum Gasteiger partial charge on any atom is -0.272 e. The van der Waals surface area contributed by atoms with Crippen LogP contribution < -0.4 is 5.43 Å². The number of hydrogen-bond donors (Lipinski definition) is 1. The van der Waals surface area contributed by atoms with Gasteiger partial charge in [0, 0.05) is 16.4 Å². The van der Waals surface area contributed by atoms with Crippen molar-refractivity contribution in [2.24, 2.45) is 5.10 Å². The van der Waals surface area contributed by atoms with Crippen LogP contribution in [0.5, 0.6) is 0 Å². The SMILES string of the molecule is Cc1ccsc1/C=N\NC(=O)CN(Cc1ccccc1)S(=O)(=O)c1ccc(Cl)cc1. The lowest BCUT2D eigenvalue weighted by Gasteiger charge is -2.21. The van der Waals surface area contributed by atoms with E-state index < -0.39 is 15.9 Å². The molecule has 3 rings (SSSR count). The normalized spacial score (nSPS) is 11.8. The number of carbonyl (C=O) groups excluding carboxylic acids is 1. The molecule has 0 spiro atoms. The number of nitrogens with zero attached hydrogens (tertiary/aromatic N) is 2. The predicted octanol–water partition coefficient (Wildman–Crippen LogP) is 4.05. The lowest BCUT2D eigenvalue weighted by Crippen LogP contribution is -2.39. The first-order chi connectivity index (χ1) is 14.4. The Morgan fingerprint density at radius 1 is 1.13 bits per heavy atom. The van der Waals surface area contributed by atoms with E-state index in [9.17, 15) is 13.2 Å². The topological polar surface area (TPSA) is 78.8 Å². The maximum Gasteiger partial charge on any atom is 0.255 e. The van der Waals surface area contributed by atoms with E-state index in [-0.39, 0.29) is 18.0 Å². The average Bonchev–Trinajstić information content (AvgIpc) is 3.13. The van der Waals surface area contributed by atoms with E-state index in [0.29, 0.717) is 5.02 Å². The fraction of sp³-hybridized carbons (Fsp3) is 0.143. The quantitative estimate of drug-likeness (QED) is 0.406. The van der Waals surface area contributed by atoms with E-state index in [4.69, 9.17) is 11.6 Å². The van der Waals surface area contributed by atoms with Gasteiger partial charge in [0.15, 0.2) is 0 Å². The molecule has 1 heterocycles. The van der Waals surface area contributed by atoms with Gasteiger partial charge >= 0.3 is 0 Å². The molecule has 0 aliphatic rings. The Morgan fingerprint density at radius 3 is 2.47 bits per heavy atom. The highest BCUT2D eigenvalue weighted by Crippen LogP contribution is 2.20. The van der Waals surface area contributed by atoms with Gasteiger partial charge in [-0.25, -0.2) is 13.8 Å². The summed E-state index contributed by atoms with van der Waals surface area (Å²) in [5.74, 6) is -0.533. The van der Waals surface area contributed by atoms with Crippen LogP contribution in [-0.4, -0.2) is 31.4 Å². The highest BCUT2D eigenvalue weighted by Gasteiger charge is 2.27.